The smallest absolute Gasteiger partial charge is 0.00671 e. The molecule has 0 bridgehead atoms. The summed E-state index contributed by atoms with van der Waals surface area (Å²) >= 11 is 0. The molecule has 2 atom stereocenters. The van der Waals surface area contributed by atoms with E-state index in [1.165, 1.54) is 57.9 Å². The van der Waals surface area contributed by atoms with E-state index in [0.29, 0.717) is 0 Å². The molecule has 1 unspecified atom stereocenters. The standard InChI is InChI=1S/C15H31N/c1-4-6-9-14(5-2)12-16-13(3)15-10-7-8-11-15/h13-16H,4-12H2,1-3H3/t13-,14?/m0/s1. The zero-order chi connectivity index (χ0) is 11.8. The summed E-state index contributed by atoms with van der Waals surface area (Å²) in [5.74, 6) is 1.87. The third-order valence-electron chi connectivity index (χ3n) is 4.38. The summed E-state index contributed by atoms with van der Waals surface area (Å²) in [4.78, 5) is 0. The van der Waals surface area contributed by atoms with Crippen LogP contribution in [0.5, 0.6) is 0 Å². The Kier molecular flexibility index (Phi) is 7.11. The SMILES string of the molecule is CCCCC(CC)CN[C@@H](C)C1CCCC1. The van der Waals surface area contributed by atoms with Gasteiger partial charge in [0.25, 0.3) is 0 Å². The number of rotatable bonds is 8. The Hall–Kier alpha value is -0.0400. The van der Waals surface area contributed by atoms with Crippen molar-refractivity contribution in [2.75, 3.05) is 6.54 Å². The quantitative estimate of drug-likeness (QED) is 0.647. The largest absolute Gasteiger partial charge is 0.314 e. The Labute approximate surface area is 102 Å². The van der Waals surface area contributed by atoms with Gasteiger partial charge in [-0.15, -0.1) is 0 Å². The van der Waals surface area contributed by atoms with E-state index in [2.05, 4.69) is 26.1 Å². The second-order valence-corrected chi connectivity index (χ2v) is 5.66. The van der Waals surface area contributed by atoms with E-state index in [1.807, 2.05) is 0 Å². The highest BCUT2D eigenvalue weighted by atomic mass is 14.9. The Balaban J connectivity index is 2.14. The molecule has 16 heavy (non-hydrogen) atoms. The van der Waals surface area contributed by atoms with Gasteiger partial charge in [0, 0.05) is 6.04 Å². The minimum atomic E-state index is 0.748. The van der Waals surface area contributed by atoms with Gasteiger partial charge in [-0.3, -0.25) is 0 Å². The highest BCUT2D eigenvalue weighted by Crippen LogP contribution is 2.27. The van der Waals surface area contributed by atoms with Crippen LogP contribution in [0.2, 0.25) is 0 Å². The van der Waals surface area contributed by atoms with Crippen LogP contribution < -0.4 is 5.32 Å². The molecule has 0 saturated heterocycles. The lowest BCUT2D eigenvalue weighted by Gasteiger charge is -2.23. The van der Waals surface area contributed by atoms with E-state index >= 15 is 0 Å². The number of hydrogen-bond donors (Lipinski definition) is 1. The van der Waals surface area contributed by atoms with Gasteiger partial charge in [-0.1, -0.05) is 46.0 Å². The molecule has 0 spiro atoms. The molecule has 1 heteroatoms. The number of unbranched alkanes of at least 4 members (excludes halogenated alkanes) is 1. The van der Waals surface area contributed by atoms with Crippen LogP contribution in [0.4, 0.5) is 0 Å². The Morgan fingerprint density at radius 1 is 1.19 bits per heavy atom. The van der Waals surface area contributed by atoms with Crippen LogP contribution >= 0.6 is 0 Å². The number of nitrogens with one attached hydrogen (secondary N) is 1. The molecule has 0 amide bonds. The summed E-state index contributed by atoms with van der Waals surface area (Å²) in [7, 11) is 0. The molecule has 0 aromatic rings. The molecule has 0 aliphatic heterocycles. The molecule has 1 N–H and O–H groups in total. The zero-order valence-electron chi connectivity index (χ0n) is 11.6. The van der Waals surface area contributed by atoms with Crippen LogP contribution in [0, 0.1) is 11.8 Å². The summed E-state index contributed by atoms with van der Waals surface area (Å²) in [6, 6.07) is 0.748. The Morgan fingerprint density at radius 2 is 1.88 bits per heavy atom. The maximum Gasteiger partial charge on any atom is 0.00671 e. The van der Waals surface area contributed by atoms with Crippen molar-refractivity contribution in [2.24, 2.45) is 11.8 Å². The molecular weight excluding hydrogens is 194 g/mol. The van der Waals surface area contributed by atoms with Gasteiger partial charge >= 0.3 is 0 Å². The van der Waals surface area contributed by atoms with Crippen molar-refractivity contribution >= 4 is 0 Å². The van der Waals surface area contributed by atoms with Crippen LogP contribution in [0.15, 0.2) is 0 Å². The fraction of sp³-hybridized carbons (Fsp3) is 1.00. The van der Waals surface area contributed by atoms with E-state index in [0.717, 1.165) is 17.9 Å². The fourth-order valence-corrected chi connectivity index (χ4v) is 2.92. The van der Waals surface area contributed by atoms with Crippen LogP contribution in [0.25, 0.3) is 0 Å². The number of hydrogen-bond acceptors (Lipinski definition) is 1. The lowest BCUT2D eigenvalue weighted by Crippen LogP contribution is -2.35. The van der Waals surface area contributed by atoms with E-state index in [4.69, 9.17) is 0 Å². The molecule has 1 nitrogen and oxygen atoms in total. The maximum atomic E-state index is 3.78. The summed E-state index contributed by atoms with van der Waals surface area (Å²) in [6.07, 6.45) is 11.3. The van der Waals surface area contributed by atoms with Gasteiger partial charge in [0.1, 0.15) is 0 Å². The van der Waals surface area contributed by atoms with Gasteiger partial charge in [0.15, 0.2) is 0 Å². The molecule has 0 aromatic carbocycles. The van der Waals surface area contributed by atoms with Crippen LogP contribution in [-0.4, -0.2) is 12.6 Å². The molecule has 1 saturated carbocycles. The minimum absolute atomic E-state index is 0.748. The molecule has 1 rings (SSSR count). The lowest BCUT2D eigenvalue weighted by atomic mass is 9.96. The Bertz CT molecular complexity index is 161. The molecule has 0 aromatic heterocycles. The van der Waals surface area contributed by atoms with E-state index in [9.17, 15) is 0 Å². The van der Waals surface area contributed by atoms with Gasteiger partial charge < -0.3 is 5.32 Å². The molecular formula is C15H31N. The van der Waals surface area contributed by atoms with Crippen molar-refractivity contribution in [3.05, 3.63) is 0 Å². The second kappa shape index (κ2) is 8.11. The second-order valence-electron chi connectivity index (χ2n) is 5.66. The fourth-order valence-electron chi connectivity index (χ4n) is 2.92. The highest BCUT2D eigenvalue weighted by molar-refractivity contribution is 4.78. The monoisotopic (exact) mass is 225 g/mol. The summed E-state index contributed by atoms with van der Waals surface area (Å²) in [5, 5.41) is 3.78. The van der Waals surface area contributed by atoms with Crippen molar-refractivity contribution in [1.82, 2.24) is 5.32 Å². The van der Waals surface area contributed by atoms with E-state index in [1.54, 1.807) is 0 Å². The van der Waals surface area contributed by atoms with E-state index < -0.39 is 0 Å². The first-order chi connectivity index (χ1) is 7.77. The normalized spacial score (nSPS) is 21.2. The average Bonchev–Trinajstić information content (AvgIpc) is 2.82. The molecule has 1 fully saturated rings. The molecule has 1 aliphatic carbocycles. The lowest BCUT2D eigenvalue weighted by molar-refractivity contribution is 0.335. The van der Waals surface area contributed by atoms with Crippen LogP contribution in [0.1, 0.15) is 72.1 Å². The van der Waals surface area contributed by atoms with Gasteiger partial charge in [-0.2, -0.15) is 0 Å². The van der Waals surface area contributed by atoms with Gasteiger partial charge in [-0.05, 0) is 44.6 Å². The van der Waals surface area contributed by atoms with E-state index in [-0.39, 0.29) is 0 Å². The highest BCUT2D eigenvalue weighted by Gasteiger charge is 2.21. The predicted molar refractivity (Wildman–Crippen MR) is 72.7 cm³/mol. The van der Waals surface area contributed by atoms with Crippen molar-refractivity contribution in [2.45, 2.75) is 78.2 Å². The van der Waals surface area contributed by atoms with Crippen molar-refractivity contribution in [1.29, 1.82) is 0 Å². The predicted octanol–water partition coefficient (Wildman–Crippen LogP) is 4.37. The first-order valence-electron chi connectivity index (χ1n) is 7.51. The Morgan fingerprint density at radius 3 is 2.44 bits per heavy atom. The maximum absolute atomic E-state index is 3.78. The zero-order valence-corrected chi connectivity index (χ0v) is 11.6. The molecule has 1 aliphatic rings. The average molecular weight is 225 g/mol. The summed E-state index contributed by atoms with van der Waals surface area (Å²) in [6.45, 7) is 8.26. The third-order valence-corrected chi connectivity index (χ3v) is 4.38. The first kappa shape index (κ1) is 14.0. The van der Waals surface area contributed by atoms with Crippen LogP contribution in [0.3, 0.4) is 0 Å². The topological polar surface area (TPSA) is 12.0 Å². The van der Waals surface area contributed by atoms with Crippen molar-refractivity contribution in [3.8, 4) is 0 Å². The van der Waals surface area contributed by atoms with Gasteiger partial charge in [0.05, 0.1) is 0 Å². The van der Waals surface area contributed by atoms with Crippen LogP contribution in [-0.2, 0) is 0 Å². The minimum Gasteiger partial charge on any atom is -0.314 e. The van der Waals surface area contributed by atoms with Gasteiger partial charge in [-0.25, -0.2) is 0 Å². The molecule has 0 heterocycles. The third kappa shape index (κ3) is 4.86. The molecule has 96 valence electrons. The van der Waals surface area contributed by atoms with Crippen molar-refractivity contribution < 1.29 is 0 Å². The van der Waals surface area contributed by atoms with Crippen molar-refractivity contribution in [3.63, 3.8) is 0 Å². The summed E-state index contributed by atoms with van der Waals surface area (Å²) < 4.78 is 0. The molecule has 0 radical (unpaired) electrons. The summed E-state index contributed by atoms with van der Waals surface area (Å²) in [5.41, 5.74) is 0. The first-order valence-corrected chi connectivity index (χ1v) is 7.51. The van der Waals surface area contributed by atoms with Gasteiger partial charge in [0.2, 0.25) is 0 Å².